The van der Waals surface area contributed by atoms with Crippen molar-refractivity contribution in [2.75, 3.05) is 26.2 Å². The van der Waals surface area contributed by atoms with Gasteiger partial charge in [0.25, 0.3) is 0 Å². The summed E-state index contributed by atoms with van der Waals surface area (Å²) in [6, 6.07) is 9.78. The van der Waals surface area contributed by atoms with Gasteiger partial charge in [0.05, 0.1) is 6.10 Å². The van der Waals surface area contributed by atoms with Crippen molar-refractivity contribution < 1.29 is 14.6 Å². The SMILES string of the molecule is CC1(N2CCC(O)CC2)CCN(C(=O)OCc2ccccc2)CC1. The zero-order chi connectivity index (χ0) is 17.0. The monoisotopic (exact) mass is 332 g/mol. The van der Waals surface area contributed by atoms with Gasteiger partial charge in [-0.25, -0.2) is 4.79 Å². The number of ether oxygens (including phenoxy) is 1. The van der Waals surface area contributed by atoms with Gasteiger partial charge in [-0.2, -0.15) is 0 Å². The molecule has 5 heteroatoms. The lowest BCUT2D eigenvalue weighted by molar-refractivity contribution is -0.0106. The summed E-state index contributed by atoms with van der Waals surface area (Å²) >= 11 is 0. The molecule has 0 saturated carbocycles. The fourth-order valence-electron chi connectivity index (χ4n) is 3.70. The van der Waals surface area contributed by atoms with Gasteiger partial charge in [0.15, 0.2) is 0 Å². The summed E-state index contributed by atoms with van der Waals surface area (Å²) in [5, 5.41) is 9.68. The lowest BCUT2D eigenvalue weighted by Crippen LogP contribution is -2.56. The maximum absolute atomic E-state index is 12.3. The third kappa shape index (κ3) is 4.08. The number of aliphatic hydroxyl groups excluding tert-OH is 1. The van der Waals surface area contributed by atoms with E-state index in [9.17, 15) is 9.90 Å². The van der Waals surface area contributed by atoms with Gasteiger partial charge in [-0.05, 0) is 38.2 Å². The molecule has 0 radical (unpaired) electrons. The standard InChI is InChI=1S/C19H28N2O3/c1-19(21-11-7-17(22)8-12-21)9-13-20(14-10-19)18(23)24-15-16-5-3-2-4-6-16/h2-6,17,22H,7-15H2,1H3. The molecule has 2 fully saturated rings. The fraction of sp³-hybridized carbons (Fsp3) is 0.632. The first-order valence-electron chi connectivity index (χ1n) is 8.96. The minimum absolute atomic E-state index is 0.135. The van der Waals surface area contributed by atoms with Gasteiger partial charge >= 0.3 is 6.09 Å². The first-order chi connectivity index (χ1) is 11.6. The molecule has 1 aromatic carbocycles. The molecule has 2 aliphatic rings. The van der Waals surface area contributed by atoms with E-state index in [-0.39, 0.29) is 17.7 Å². The van der Waals surface area contributed by atoms with Crippen molar-refractivity contribution in [2.24, 2.45) is 0 Å². The quantitative estimate of drug-likeness (QED) is 0.924. The number of likely N-dealkylation sites (tertiary alicyclic amines) is 2. The number of carbonyl (C=O) groups is 1. The summed E-state index contributed by atoms with van der Waals surface area (Å²) in [5.74, 6) is 0. The number of hydrogen-bond acceptors (Lipinski definition) is 4. The van der Waals surface area contributed by atoms with Crippen LogP contribution in [0.4, 0.5) is 4.79 Å². The first-order valence-corrected chi connectivity index (χ1v) is 8.96. The van der Waals surface area contributed by atoms with Crippen molar-refractivity contribution in [3.8, 4) is 0 Å². The summed E-state index contributed by atoms with van der Waals surface area (Å²) in [6.07, 6.45) is 3.29. The molecular weight excluding hydrogens is 304 g/mol. The van der Waals surface area contributed by atoms with E-state index in [0.29, 0.717) is 6.61 Å². The van der Waals surface area contributed by atoms with Crippen LogP contribution in [0.5, 0.6) is 0 Å². The van der Waals surface area contributed by atoms with Gasteiger partial charge < -0.3 is 14.7 Å². The van der Waals surface area contributed by atoms with Gasteiger partial charge in [-0.1, -0.05) is 30.3 Å². The molecule has 2 aliphatic heterocycles. The Labute approximate surface area is 144 Å². The Morgan fingerprint density at radius 2 is 1.79 bits per heavy atom. The molecule has 0 unspecified atom stereocenters. The maximum Gasteiger partial charge on any atom is 0.410 e. The maximum atomic E-state index is 12.3. The Hall–Kier alpha value is -1.59. The Balaban J connectivity index is 1.46. The van der Waals surface area contributed by atoms with Gasteiger partial charge in [0.2, 0.25) is 0 Å². The summed E-state index contributed by atoms with van der Waals surface area (Å²) in [6.45, 7) is 6.01. The predicted octanol–water partition coefficient (Wildman–Crippen LogP) is 2.63. The lowest BCUT2D eigenvalue weighted by Gasteiger charge is -2.48. The minimum Gasteiger partial charge on any atom is -0.445 e. The number of aliphatic hydroxyl groups is 1. The Morgan fingerprint density at radius 3 is 2.42 bits per heavy atom. The first kappa shape index (κ1) is 17.2. The zero-order valence-corrected chi connectivity index (χ0v) is 14.5. The van der Waals surface area contributed by atoms with Crippen molar-refractivity contribution in [1.82, 2.24) is 9.80 Å². The van der Waals surface area contributed by atoms with Crippen LogP contribution in [-0.2, 0) is 11.3 Å². The average Bonchev–Trinajstić information content (AvgIpc) is 2.61. The highest BCUT2D eigenvalue weighted by atomic mass is 16.6. The van der Waals surface area contributed by atoms with E-state index >= 15 is 0 Å². The molecular formula is C19H28N2O3. The van der Waals surface area contributed by atoms with Crippen molar-refractivity contribution in [1.29, 1.82) is 0 Å². The zero-order valence-electron chi connectivity index (χ0n) is 14.5. The molecule has 3 rings (SSSR count). The molecule has 5 nitrogen and oxygen atoms in total. The molecule has 0 bridgehead atoms. The van der Waals surface area contributed by atoms with Crippen LogP contribution in [0.3, 0.4) is 0 Å². The number of nitrogens with zero attached hydrogens (tertiary/aromatic N) is 2. The van der Waals surface area contributed by atoms with Crippen LogP contribution in [0.15, 0.2) is 30.3 Å². The molecule has 0 aromatic heterocycles. The van der Waals surface area contributed by atoms with Gasteiger partial charge in [0.1, 0.15) is 6.61 Å². The van der Waals surface area contributed by atoms with Crippen LogP contribution >= 0.6 is 0 Å². The second-order valence-corrected chi connectivity index (χ2v) is 7.24. The van der Waals surface area contributed by atoms with E-state index in [1.54, 1.807) is 0 Å². The fourth-order valence-corrected chi connectivity index (χ4v) is 3.70. The molecule has 0 atom stereocenters. The molecule has 132 valence electrons. The number of benzene rings is 1. The highest BCUT2D eigenvalue weighted by Crippen LogP contribution is 2.31. The molecule has 0 spiro atoms. The van der Waals surface area contributed by atoms with Crippen molar-refractivity contribution in [3.05, 3.63) is 35.9 Å². The molecule has 1 amide bonds. The topological polar surface area (TPSA) is 53.0 Å². The molecule has 2 heterocycles. The minimum atomic E-state index is -0.213. The normalized spacial score (nSPS) is 22.3. The number of carbonyl (C=O) groups excluding carboxylic acids is 1. The largest absolute Gasteiger partial charge is 0.445 e. The van der Waals surface area contributed by atoms with Gasteiger partial charge in [0, 0.05) is 31.7 Å². The van der Waals surface area contributed by atoms with Crippen LogP contribution in [0.2, 0.25) is 0 Å². The van der Waals surface area contributed by atoms with E-state index in [1.807, 2.05) is 35.2 Å². The second kappa shape index (κ2) is 7.53. The Morgan fingerprint density at radius 1 is 1.17 bits per heavy atom. The highest BCUT2D eigenvalue weighted by Gasteiger charge is 2.38. The highest BCUT2D eigenvalue weighted by molar-refractivity contribution is 5.67. The van der Waals surface area contributed by atoms with Crippen LogP contribution < -0.4 is 0 Å². The molecule has 24 heavy (non-hydrogen) atoms. The Bertz CT molecular complexity index is 533. The van der Waals surface area contributed by atoms with Crippen LogP contribution in [0.25, 0.3) is 0 Å². The number of piperidine rings is 2. The van der Waals surface area contributed by atoms with E-state index in [1.165, 1.54) is 0 Å². The predicted molar refractivity (Wildman–Crippen MR) is 92.7 cm³/mol. The van der Waals surface area contributed by atoms with Crippen LogP contribution in [0, 0.1) is 0 Å². The summed E-state index contributed by atoms with van der Waals surface area (Å²) < 4.78 is 5.44. The summed E-state index contributed by atoms with van der Waals surface area (Å²) in [5.41, 5.74) is 1.15. The smallest absolute Gasteiger partial charge is 0.410 e. The molecule has 2 saturated heterocycles. The van der Waals surface area contributed by atoms with Crippen molar-refractivity contribution in [3.63, 3.8) is 0 Å². The summed E-state index contributed by atoms with van der Waals surface area (Å²) in [4.78, 5) is 16.6. The Kier molecular flexibility index (Phi) is 5.41. The second-order valence-electron chi connectivity index (χ2n) is 7.24. The molecule has 1 aromatic rings. The van der Waals surface area contributed by atoms with E-state index < -0.39 is 0 Å². The van der Waals surface area contributed by atoms with Crippen molar-refractivity contribution in [2.45, 2.75) is 50.9 Å². The third-order valence-electron chi connectivity index (χ3n) is 5.53. The van der Waals surface area contributed by atoms with Gasteiger partial charge in [-0.15, -0.1) is 0 Å². The number of hydrogen-bond donors (Lipinski definition) is 1. The van der Waals surface area contributed by atoms with Crippen molar-refractivity contribution >= 4 is 6.09 Å². The van der Waals surface area contributed by atoms with E-state index in [0.717, 1.165) is 57.4 Å². The van der Waals surface area contributed by atoms with Gasteiger partial charge in [-0.3, -0.25) is 4.90 Å². The molecule has 1 N–H and O–H groups in total. The lowest BCUT2D eigenvalue weighted by atomic mass is 9.86. The average molecular weight is 332 g/mol. The summed E-state index contributed by atoms with van der Waals surface area (Å²) in [7, 11) is 0. The number of amides is 1. The molecule has 0 aliphatic carbocycles. The third-order valence-corrected chi connectivity index (χ3v) is 5.53. The van der Waals surface area contributed by atoms with Crippen LogP contribution in [0.1, 0.15) is 38.2 Å². The van der Waals surface area contributed by atoms with E-state index in [4.69, 9.17) is 4.74 Å². The van der Waals surface area contributed by atoms with Crippen LogP contribution in [-0.4, -0.2) is 58.8 Å². The van der Waals surface area contributed by atoms with E-state index in [2.05, 4.69) is 11.8 Å². The number of rotatable bonds is 3.